The van der Waals surface area contributed by atoms with Crippen molar-refractivity contribution in [1.82, 2.24) is 0 Å². The molecule has 3 rings (SSSR count). The van der Waals surface area contributed by atoms with E-state index in [9.17, 15) is 4.79 Å². The molecule has 0 N–H and O–H groups in total. The topological polar surface area (TPSA) is 54.0 Å². The van der Waals surface area contributed by atoms with Gasteiger partial charge in [0.15, 0.2) is 23.5 Å². The molecule has 1 aliphatic carbocycles. The Balaban J connectivity index is 1.93. The van der Waals surface area contributed by atoms with E-state index in [1.807, 2.05) is 27.7 Å². The summed E-state index contributed by atoms with van der Waals surface area (Å²) in [5, 5.41) is 0. The minimum Gasteiger partial charge on any atom is -0.346 e. The highest BCUT2D eigenvalue weighted by molar-refractivity contribution is 5.96. The molecule has 2 saturated heterocycles. The molecule has 0 spiro atoms. The van der Waals surface area contributed by atoms with Crippen LogP contribution < -0.4 is 0 Å². The summed E-state index contributed by atoms with van der Waals surface area (Å²) in [7, 11) is 0. The number of fused-ring (bicyclic) bond motifs is 3. The third-order valence-electron chi connectivity index (χ3n) is 3.40. The molecule has 0 amide bonds. The molecule has 2 fully saturated rings. The van der Waals surface area contributed by atoms with E-state index < -0.39 is 17.7 Å². The molecule has 5 nitrogen and oxygen atoms in total. The number of rotatable bonds is 0. The lowest BCUT2D eigenvalue weighted by atomic mass is 9.90. The monoisotopic (exact) mass is 254 g/mol. The average molecular weight is 254 g/mol. The van der Waals surface area contributed by atoms with Crippen LogP contribution in [0.3, 0.4) is 0 Å². The van der Waals surface area contributed by atoms with Crippen LogP contribution in [0.1, 0.15) is 27.7 Å². The highest BCUT2D eigenvalue weighted by Crippen LogP contribution is 2.40. The third kappa shape index (κ3) is 1.91. The van der Waals surface area contributed by atoms with Crippen LogP contribution in [-0.4, -0.2) is 42.3 Å². The molecule has 5 heteroatoms. The number of hydrogen-bond donors (Lipinski definition) is 0. The van der Waals surface area contributed by atoms with Gasteiger partial charge >= 0.3 is 0 Å². The molecule has 0 aromatic carbocycles. The lowest BCUT2D eigenvalue weighted by Crippen LogP contribution is -2.53. The summed E-state index contributed by atoms with van der Waals surface area (Å²) >= 11 is 0. The molecule has 100 valence electrons. The summed E-state index contributed by atoms with van der Waals surface area (Å²) in [6.07, 6.45) is 0.364. The van der Waals surface area contributed by atoms with Gasteiger partial charge in [0.05, 0.1) is 6.61 Å². The Morgan fingerprint density at radius 1 is 1.06 bits per heavy atom. The fourth-order valence-corrected chi connectivity index (χ4v) is 2.65. The first-order chi connectivity index (χ1) is 8.27. The molecule has 0 radical (unpaired) electrons. The van der Waals surface area contributed by atoms with E-state index in [2.05, 4.69) is 0 Å². The number of hydrogen-bond acceptors (Lipinski definition) is 5. The molecule has 3 aliphatic rings. The van der Waals surface area contributed by atoms with Crippen molar-refractivity contribution in [2.75, 3.05) is 6.61 Å². The van der Waals surface area contributed by atoms with Crippen molar-refractivity contribution in [2.24, 2.45) is 0 Å². The number of ketones is 1. The van der Waals surface area contributed by atoms with Crippen LogP contribution >= 0.6 is 0 Å². The van der Waals surface area contributed by atoms with Gasteiger partial charge in [-0.2, -0.15) is 0 Å². The van der Waals surface area contributed by atoms with Crippen molar-refractivity contribution in [2.45, 2.75) is 57.6 Å². The van der Waals surface area contributed by atoms with Crippen molar-refractivity contribution < 1.29 is 23.7 Å². The van der Waals surface area contributed by atoms with Gasteiger partial charge in [-0.05, 0) is 39.3 Å². The zero-order chi connectivity index (χ0) is 13.1. The van der Waals surface area contributed by atoms with E-state index >= 15 is 0 Å². The predicted octanol–water partition coefficient (Wildman–Crippen LogP) is 1.17. The first kappa shape index (κ1) is 12.3. The number of carbonyl (C=O) groups is 1. The van der Waals surface area contributed by atoms with E-state index in [1.54, 1.807) is 6.08 Å². The molecular formula is C13H18O5. The van der Waals surface area contributed by atoms with Crippen molar-refractivity contribution >= 4 is 5.78 Å². The lowest BCUT2D eigenvalue weighted by Gasteiger charge is -2.42. The second-order valence-electron chi connectivity index (χ2n) is 5.87. The molecule has 18 heavy (non-hydrogen) atoms. The van der Waals surface area contributed by atoms with E-state index in [0.29, 0.717) is 6.61 Å². The van der Waals surface area contributed by atoms with Crippen molar-refractivity contribution in [3.63, 3.8) is 0 Å². The Kier molecular flexibility index (Phi) is 2.48. The third-order valence-corrected chi connectivity index (χ3v) is 3.40. The maximum Gasteiger partial charge on any atom is 0.187 e. The summed E-state index contributed by atoms with van der Waals surface area (Å²) in [5.74, 6) is -1.48. The molecular weight excluding hydrogens is 236 g/mol. The van der Waals surface area contributed by atoms with Gasteiger partial charge in [-0.3, -0.25) is 4.79 Å². The average Bonchev–Trinajstić information content (AvgIpc) is 2.56. The largest absolute Gasteiger partial charge is 0.346 e. The molecule has 2 heterocycles. The van der Waals surface area contributed by atoms with E-state index in [0.717, 1.165) is 5.57 Å². The summed E-state index contributed by atoms with van der Waals surface area (Å²) in [6, 6.07) is 0. The number of carbonyl (C=O) groups excluding carboxylic acids is 1. The molecule has 2 aliphatic heterocycles. The summed E-state index contributed by atoms with van der Waals surface area (Å²) in [5.41, 5.74) is 0.835. The van der Waals surface area contributed by atoms with Gasteiger partial charge in [0, 0.05) is 0 Å². The van der Waals surface area contributed by atoms with Crippen LogP contribution in [0, 0.1) is 0 Å². The summed E-state index contributed by atoms with van der Waals surface area (Å²) in [6.45, 7) is 7.73. The van der Waals surface area contributed by atoms with E-state index in [-0.39, 0.29) is 18.0 Å². The maximum absolute atomic E-state index is 12.0. The standard InChI is InChI=1S/C13H18O5/c1-12(2)15-6-7-5-8(14)10-11(9(7)16-12)18-13(3,4)17-10/h5,9-11H,6H2,1-4H3/t9-,10+,11-/m0/s1. The Morgan fingerprint density at radius 2 is 1.72 bits per heavy atom. The lowest BCUT2D eigenvalue weighted by molar-refractivity contribution is -0.272. The van der Waals surface area contributed by atoms with Gasteiger partial charge < -0.3 is 18.9 Å². The fourth-order valence-electron chi connectivity index (χ4n) is 2.65. The second kappa shape index (κ2) is 3.63. The highest BCUT2D eigenvalue weighted by atomic mass is 16.8. The SMILES string of the molecule is CC1(C)O[C@@H]2[C@H](O1)C(=O)C=C1COC(C)(C)O[C@@H]12. The quantitative estimate of drug-likeness (QED) is 0.649. The van der Waals surface area contributed by atoms with Crippen molar-refractivity contribution in [3.05, 3.63) is 11.6 Å². The van der Waals surface area contributed by atoms with E-state index in [4.69, 9.17) is 18.9 Å². The zero-order valence-electron chi connectivity index (χ0n) is 11.1. The second-order valence-corrected chi connectivity index (χ2v) is 5.87. The molecule has 0 saturated carbocycles. The fraction of sp³-hybridized carbons (Fsp3) is 0.769. The van der Waals surface area contributed by atoms with Crippen LogP contribution in [0.5, 0.6) is 0 Å². The van der Waals surface area contributed by atoms with Crippen molar-refractivity contribution in [1.29, 1.82) is 0 Å². The normalized spacial score (nSPS) is 41.0. The van der Waals surface area contributed by atoms with Gasteiger partial charge in [0.25, 0.3) is 0 Å². The Morgan fingerprint density at radius 3 is 2.44 bits per heavy atom. The van der Waals surface area contributed by atoms with E-state index in [1.165, 1.54) is 0 Å². The smallest absolute Gasteiger partial charge is 0.187 e. The van der Waals surface area contributed by atoms with Gasteiger partial charge in [-0.1, -0.05) is 0 Å². The minimum absolute atomic E-state index is 0.0660. The van der Waals surface area contributed by atoms with Crippen LogP contribution in [0.4, 0.5) is 0 Å². The van der Waals surface area contributed by atoms with Gasteiger partial charge in [0.1, 0.15) is 12.2 Å². The minimum atomic E-state index is -0.750. The molecule has 0 bridgehead atoms. The first-order valence-corrected chi connectivity index (χ1v) is 6.19. The summed E-state index contributed by atoms with van der Waals surface area (Å²) < 4.78 is 22.9. The highest BCUT2D eigenvalue weighted by Gasteiger charge is 2.54. The van der Waals surface area contributed by atoms with Gasteiger partial charge in [-0.15, -0.1) is 0 Å². The van der Waals surface area contributed by atoms with Crippen LogP contribution in [0.25, 0.3) is 0 Å². The predicted molar refractivity (Wildman–Crippen MR) is 61.8 cm³/mol. The molecule has 0 aromatic rings. The summed E-state index contributed by atoms with van der Waals surface area (Å²) in [4.78, 5) is 12.0. The molecule has 0 unspecified atom stereocenters. The molecule has 3 atom stereocenters. The maximum atomic E-state index is 12.0. The van der Waals surface area contributed by atoms with Crippen LogP contribution in [0.15, 0.2) is 11.6 Å². The van der Waals surface area contributed by atoms with Crippen LogP contribution in [0.2, 0.25) is 0 Å². The number of ether oxygens (including phenoxy) is 4. The molecule has 0 aromatic heterocycles. The Labute approximate surface area is 106 Å². The van der Waals surface area contributed by atoms with Crippen molar-refractivity contribution in [3.8, 4) is 0 Å². The first-order valence-electron chi connectivity index (χ1n) is 6.19. The van der Waals surface area contributed by atoms with Crippen LogP contribution in [-0.2, 0) is 23.7 Å². The zero-order valence-corrected chi connectivity index (χ0v) is 11.1. The Hall–Kier alpha value is -0.750. The van der Waals surface area contributed by atoms with Gasteiger partial charge in [-0.25, -0.2) is 0 Å². The van der Waals surface area contributed by atoms with Gasteiger partial charge in [0.2, 0.25) is 0 Å². The Bertz CT molecular complexity index is 423.